The number of nitrogens with zero attached hydrogens (tertiary/aromatic N) is 3. The van der Waals surface area contributed by atoms with Gasteiger partial charge in [-0.2, -0.15) is 0 Å². The quantitative estimate of drug-likeness (QED) is 0.411. The van der Waals surface area contributed by atoms with Crippen LogP contribution in [0.1, 0.15) is 15.9 Å². The molecule has 0 fully saturated rings. The summed E-state index contributed by atoms with van der Waals surface area (Å²) in [5, 5.41) is 9.74. The SMILES string of the molecule is CN(C)CCN(c1ccc(C(=O)N(C)[C@@H](Cc2ccccc2)C(=O)O)cc1)S(=O)(=O)c1ccc(F)cc1. The topological polar surface area (TPSA) is 98.2 Å². The number of benzene rings is 3. The van der Waals surface area contributed by atoms with Gasteiger partial charge in [-0.1, -0.05) is 30.3 Å². The van der Waals surface area contributed by atoms with Crippen molar-refractivity contribution in [2.75, 3.05) is 38.5 Å². The summed E-state index contributed by atoms with van der Waals surface area (Å²) in [6, 6.07) is 18.5. The molecule has 1 atom stereocenters. The largest absolute Gasteiger partial charge is 0.480 e. The van der Waals surface area contributed by atoms with E-state index in [0.29, 0.717) is 12.2 Å². The minimum Gasteiger partial charge on any atom is -0.480 e. The number of hydrogen-bond acceptors (Lipinski definition) is 5. The third-order valence-electron chi connectivity index (χ3n) is 5.90. The van der Waals surface area contributed by atoms with Crippen LogP contribution in [-0.2, 0) is 21.2 Å². The van der Waals surface area contributed by atoms with Crippen LogP contribution in [0.5, 0.6) is 0 Å². The highest BCUT2D eigenvalue weighted by atomic mass is 32.2. The number of carbonyl (C=O) groups is 2. The molecule has 1 amide bonds. The van der Waals surface area contributed by atoms with Crippen molar-refractivity contribution in [1.82, 2.24) is 9.80 Å². The molecule has 0 aliphatic rings. The van der Waals surface area contributed by atoms with Crippen molar-refractivity contribution in [2.24, 2.45) is 0 Å². The van der Waals surface area contributed by atoms with Crippen LogP contribution in [0.4, 0.5) is 10.1 Å². The maximum atomic E-state index is 13.4. The number of likely N-dealkylation sites (N-methyl/N-ethyl adjacent to an activating group) is 2. The number of anilines is 1. The summed E-state index contributed by atoms with van der Waals surface area (Å²) in [7, 11) is 1.05. The van der Waals surface area contributed by atoms with Gasteiger partial charge in [0.05, 0.1) is 10.6 Å². The summed E-state index contributed by atoms with van der Waals surface area (Å²) in [5.41, 5.74) is 1.33. The summed E-state index contributed by atoms with van der Waals surface area (Å²) >= 11 is 0. The zero-order chi connectivity index (χ0) is 27.2. The molecule has 0 aliphatic carbocycles. The summed E-state index contributed by atoms with van der Waals surface area (Å²) in [5.74, 6) is -2.18. The minimum atomic E-state index is -4.01. The van der Waals surface area contributed by atoms with E-state index in [4.69, 9.17) is 0 Å². The summed E-state index contributed by atoms with van der Waals surface area (Å²) < 4.78 is 41.3. The van der Waals surface area contributed by atoms with Crippen LogP contribution in [0.15, 0.2) is 83.8 Å². The summed E-state index contributed by atoms with van der Waals surface area (Å²) in [6.07, 6.45) is 0.144. The zero-order valence-corrected chi connectivity index (χ0v) is 21.7. The van der Waals surface area contributed by atoms with Gasteiger partial charge in [-0.3, -0.25) is 9.10 Å². The molecule has 0 saturated heterocycles. The Bertz CT molecular complexity index is 1310. The van der Waals surface area contributed by atoms with Crippen molar-refractivity contribution in [3.05, 3.63) is 95.8 Å². The first-order chi connectivity index (χ1) is 17.5. The molecule has 0 radical (unpaired) electrons. The first-order valence-corrected chi connectivity index (χ1v) is 13.0. The van der Waals surface area contributed by atoms with Crippen molar-refractivity contribution in [3.8, 4) is 0 Å². The van der Waals surface area contributed by atoms with Gasteiger partial charge < -0.3 is 14.9 Å². The van der Waals surface area contributed by atoms with E-state index in [2.05, 4.69) is 0 Å². The Labute approximate surface area is 216 Å². The highest BCUT2D eigenvalue weighted by Gasteiger charge is 2.29. The van der Waals surface area contributed by atoms with Crippen molar-refractivity contribution in [1.29, 1.82) is 0 Å². The average molecular weight is 528 g/mol. The number of halogens is 1. The van der Waals surface area contributed by atoms with Crippen LogP contribution in [0.3, 0.4) is 0 Å². The average Bonchev–Trinajstić information content (AvgIpc) is 2.87. The molecule has 3 aromatic carbocycles. The lowest BCUT2D eigenvalue weighted by Gasteiger charge is -2.27. The van der Waals surface area contributed by atoms with Crippen LogP contribution in [0.25, 0.3) is 0 Å². The number of rotatable bonds is 11. The second-order valence-corrected chi connectivity index (χ2v) is 10.7. The molecule has 3 aromatic rings. The fourth-order valence-electron chi connectivity index (χ4n) is 3.76. The highest BCUT2D eigenvalue weighted by Crippen LogP contribution is 2.25. The van der Waals surface area contributed by atoms with Gasteiger partial charge in [-0.05, 0) is 68.2 Å². The van der Waals surface area contributed by atoms with Crippen LogP contribution in [0.2, 0.25) is 0 Å². The molecule has 0 spiro atoms. The molecule has 0 heterocycles. The molecule has 3 rings (SSSR count). The molecule has 0 unspecified atom stereocenters. The normalized spacial score (nSPS) is 12.2. The van der Waals surface area contributed by atoms with Gasteiger partial charge in [0.2, 0.25) is 0 Å². The Kier molecular flexibility index (Phi) is 9.01. The van der Waals surface area contributed by atoms with E-state index in [1.807, 2.05) is 25.1 Å². The van der Waals surface area contributed by atoms with Crippen molar-refractivity contribution < 1.29 is 27.5 Å². The van der Waals surface area contributed by atoms with Crippen molar-refractivity contribution >= 4 is 27.6 Å². The summed E-state index contributed by atoms with van der Waals surface area (Å²) in [6.45, 7) is 0.543. The molecular formula is C27H30FN3O5S. The Morgan fingerprint density at radius 1 is 0.865 bits per heavy atom. The molecule has 0 aromatic heterocycles. The summed E-state index contributed by atoms with van der Waals surface area (Å²) in [4.78, 5) is 28.0. The molecule has 8 nitrogen and oxygen atoms in total. The van der Waals surface area contributed by atoms with E-state index in [1.54, 1.807) is 24.3 Å². The maximum absolute atomic E-state index is 13.4. The van der Waals surface area contributed by atoms with Gasteiger partial charge in [0.15, 0.2) is 0 Å². The van der Waals surface area contributed by atoms with Crippen LogP contribution in [0, 0.1) is 5.82 Å². The first-order valence-electron chi connectivity index (χ1n) is 11.6. The molecule has 0 saturated carbocycles. The standard InChI is InChI=1S/C27H30FN3O5S/c1-29(2)17-18-31(37(35,36)24-15-11-22(28)12-16-24)23-13-9-21(10-14-23)26(32)30(3)25(27(33)34)19-20-7-5-4-6-8-20/h4-16,25H,17-19H2,1-3H3,(H,33,34)/t25-/m0/s1. The van der Waals surface area contributed by atoms with Crippen LogP contribution < -0.4 is 4.31 Å². The smallest absolute Gasteiger partial charge is 0.326 e. The third-order valence-corrected chi connectivity index (χ3v) is 7.74. The number of carboxylic acid groups (broad SMARTS) is 1. The lowest BCUT2D eigenvalue weighted by atomic mass is 10.0. The van der Waals surface area contributed by atoms with Gasteiger partial charge in [-0.25, -0.2) is 17.6 Å². The van der Waals surface area contributed by atoms with Gasteiger partial charge in [-0.15, -0.1) is 0 Å². The van der Waals surface area contributed by atoms with E-state index in [9.17, 15) is 27.5 Å². The lowest BCUT2D eigenvalue weighted by molar-refractivity contribution is -0.141. The number of carbonyl (C=O) groups excluding carboxylic acids is 1. The predicted octanol–water partition coefficient (Wildman–Crippen LogP) is 3.35. The monoisotopic (exact) mass is 527 g/mol. The molecule has 196 valence electrons. The third kappa shape index (κ3) is 6.93. The minimum absolute atomic E-state index is 0.0576. The highest BCUT2D eigenvalue weighted by molar-refractivity contribution is 7.92. The Morgan fingerprint density at radius 2 is 1.46 bits per heavy atom. The van der Waals surface area contributed by atoms with E-state index in [0.717, 1.165) is 17.7 Å². The molecule has 37 heavy (non-hydrogen) atoms. The van der Waals surface area contributed by atoms with Crippen molar-refractivity contribution in [2.45, 2.75) is 17.4 Å². The van der Waals surface area contributed by atoms with Gasteiger partial charge in [0.25, 0.3) is 15.9 Å². The Hall–Kier alpha value is -3.76. The first kappa shape index (κ1) is 27.8. The number of amides is 1. The molecule has 1 N–H and O–H groups in total. The fourth-order valence-corrected chi connectivity index (χ4v) is 5.21. The second-order valence-electron chi connectivity index (χ2n) is 8.84. The van der Waals surface area contributed by atoms with Crippen LogP contribution >= 0.6 is 0 Å². The second kappa shape index (κ2) is 12.0. The van der Waals surface area contributed by atoms with E-state index < -0.39 is 33.8 Å². The Morgan fingerprint density at radius 3 is 2.00 bits per heavy atom. The van der Waals surface area contributed by atoms with Gasteiger partial charge in [0.1, 0.15) is 11.9 Å². The zero-order valence-electron chi connectivity index (χ0n) is 20.9. The lowest BCUT2D eigenvalue weighted by Crippen LogP contribution is -2.43. The molecule has 0 bridgehead atoms. The van der Waals surface area contributed by atoms with E-state index in [1.165, 1.54) is 52.7 Å². The van der Waals surface area contributed by atoms with Crippen LogP contribution in [-0.4, -0.2) is 75.5 Å². The van der Waals surface area contributed by atoms with Gasteiger partial charge >= 0.3 is 5.97 Å². The van der Waals surface area contributed by atoms with E-state index in [-0.39, 0.29) is 23.4 Å². The number of sulfonamides is 1. The number of hydrogen-bond donors (Lipinski definition) is 1. The Balaban J connectivity index is 1.87. The molecule has 0 aliphatic heterocycles. The number of carboxylic acids is 1. The van der Waals surface area contributed by atoms with Crippen molar-refractivity contribution in [3.63, 3.8) is 0 Å². The van der Waals surface area contributed by atoms with E-state index >= 15 is 0 Å². The predicted molar refractivity (Wildman–Crippen MR) is 140 cm³/mol. The maximum Gasteiger partial charge on any atom is 0.326 e. The molecule has 10 heteroatoms. The van der Waals surface area contributed by atoms with Gasteiger partial charge in [0, 0.05) is 32.1 Å². The molecular weight excluding hydrogens is 497 g/mol. The number of aliphatic carboxylic acids is 1. The fraction of sp³-hybridized carbons (Fsp3) is 0.259.